The molecule has 1 aliphatic heterocycles. The Balaban J connectivity index is 0.00000242. The highest BCUT2D eigenvalue weighted by molar-refractivity contribution is 7.10. The summed E-state index contributed by atoms with van der Waals surface area (Å²) in [7, 11) is 0. The maximum Gasteiger partial charge on any atom is 0.317 e. The van der Waals surface area contributed by atoms with Crippen LogP contribution in [0.1, 0.15) is 30.7 Å². The van der Waals surface area contributed by atoms with Gasteiger partial charge in [-0.2, -0.15) is 0 Å². The van der Waals surface area contributed by atoms with Crippen molar-refractivity contribution in [3.05, 3.63) is 21.9 Å². The summed E-state index contributed by atoms with van der Waals surface area (Å²) < 4.78 is 0. The maximum absolute atomic E-state index is 12.6. The van der Waals surface area contributed by atoms with Gasteiger partial charge >= 0.3 is 5.97 Å². The van der Waals surface area contributed by atoms with E-state index in [9.17, 15) is 9.59 Å². The van der Waals surface area contributed by atoms with Gasteiger partial charge in [-0.25, -0.2) is 0 Å². The van der Waals surface area contributed by atoms with Crippen LogP contribution in [0.5, 0.6) is 0 Å². The summed E-state index contributed by atoms with van der Waals surface area (Å²) in [5.41, 5.74) is 1.23. The van der Waals surface area contributed by atoms with Crippen LogP contribution in [0.4, 0.5) is 0 Å². The van der Waals surface area contributed by atoms with Gasteiger partial charge in [-0.15, -0.1) is 23.7 Å². The number of amides is 1. The predicted octanol–water partition coefficient (Wildman–Crippen LogP) is 2.24. The number of halogens is 1. The van der Waals surface area contributed by atoms with Crippen LogP contribution in [0.3, 0.4) is 0 Å². The van der Waals surface area contributed by atoms with Crippen LogP contribution in [-0.2, 0) is 22.6 Å². The molecule has 0 fully saturated rings. The molecule has 1 aliphatic rings. The van der Waals surface area contributed by atoms with E-state index in [2.05, 4.69) is 11.4 Å². The van der Waals surface area contributed by atoms with Gasteiger partial charge in [-0.1, -0.05) is 6.92 Å². The van der Waals surface area contributed by atoms with E-state index in [0.29, 0.717) is 13.1 Å². The topological polar surface area (TPSA) is 60.9 Å². The van der Waals surface area contributed by atoms with Gasteiger partial charge in [0.1, 0.15) is 0 Å². The molecular formula is C15H23ClN2O3S. The molecular weight excluding hydrogens is 324 g/mol. The highest BCUT2D eigenvalue weighted by atomic mass is 35.5. The van der Waals surface area contributed by atoms with Crippen molar-refractivity contribution in [1.82, 2.24) is 9.80 Å². The number of carboxylic acid groups (broad SMARTS) is 1. The number of rotatable bonds is 6. The molecule has 0 spiro atoms. The fourth-order valence-corrected chi connectivity index (χ4v) is 3.62. The molecule has 0 aromatic carbocycles. The minimum atomic E-state index is -0.887. The first-order valence-corrected chi connectivity index (χ1v) is 8.20. The number of hydrogen-bond donors (Lipinski definition) is 1. The van der Waals surface area contributed by atoms with Crippen molar-refractivity contribution in [1.29, 1.82) is 0 Å². The summed E-state index contributed by atoms with van der Waals surface area (Å²) in [6.45, 7) is 5.71. The van der Waals surface area contributed by atoms with E-state index in [1.165, 1.54) is 10.4 Å². The second-order valence-corrected chi connectivity index (χ2v) is 6.42. The van der Waals surface area contributed by atoms with Gasteiger partial charge in [-0.3, -0.25) is 14.5 Å². The molecule has 2 rings (SSSR count). The quantitative estimate of drug-likeness (QED) is 0.858. The van der Waals surface area contributed by atoms with Crippen LogP contribution in [0, 0.1) is 0 Å². The molecule has 0 radical (unpaired) electrons. The molecule has 0 saturated carbocycles. The Labute approximate surface area is 141 Å². The molecule has 124 valence electrons. The second-order valence-electron chi connectivity index (χ2n) is 5.42. The van der Waals surface area contributed by atoms with E-state index in [-0.39, 0.29) is 30.9 Å². The van der Waals surface area contributed by atoms with E-state index in [0.717, 1.165) is 19.4 Å². The number of carbonyl (C=O) groups excluding carboxylic acids is 1. The molecule has 0 bridgehead atoms. The fraction of sp³-hybridized carbons (Fsp3) is 0.600. The van der Waals surface area contributed by atoms with Gasteiger partial charge in [0.2, 0.25) is 5.91 Å². The number of hydrogen-bond acceptors (Lipinski definition) is 4. The number of nitrogens with zero attached hydrogens (tertiary/aromatic N) is 2. The maximum atomic E-state index is 12.6. The third-order valence-electron chi connectivity index (χ3n) is 3.87. The Morgan fingerprint density at radius 3 is 2.86 bits per heavy atom. The van der Waals surface area contributed by atoms with Crippen molar-refractivity contribution < 1.29 is 14.7 Å². The Morgan fingerprint density at radius 2 is 2.23 bits per heavy atom. The summed E-state index contributed by atoms with van der Waals surface area (Å²) in [5.74, 6) is -0.858. The molecule has 0 aliphatic carbocycles. The van der Waals surface area contributed by atoms with Crippen molar-refractivity contribution in [2.75, 3.05) is 19.6 Å². The smallest absolute Gasteiger partial charge is 0.317 e. The minimum Gasteiger partial charge on any atom is -0.480 e. The zero-order chi connectivity index (χ0) is 15.4. The first kappa shape index (κ1) is 18.9. The lowest BCUT2D eigenvalue weighted by Gasteiger charge is -2.33. The summed E-state index contributed by atoms with van der Waals surface area (Å²) in [5, 5.41) is 11.1. The molecule has 5 nitrogen and oxygen atoms in total. The van der Waals surface area contributed by atoms with Crippen molar-refractivity contribution in [3.8, 4) is 0 Å². The number of fused-ring (bicyclic) bond motifs is 1. The molecule has 22 heavy (non-hydrogen) atoms. The van der Waals surface area contributed by atoms with Gasteiger partial charge in [0.05, 0.1) is 12.6 Å². The van der Waals surface area contributed by atoms with Crippen LogP contribution in [0.25, 0.3) is 0 Å². The zero-order valence-electron chi connectivity index (χ0n) is 12.9. The number of carbonyl (C=O) groups is 2. The van der Waals surface area contributed by atoms with Gasteiger partial charge < -0.3 is 10.0 Å². The summed E-state index contributed by atoms with van der Waals surface area (Å²) in [6, 6.07) is 1.69. The summed E-state index contributed by atoms with van der Waals surface area (Å²) in [6.07, 6.45) is 1.73. The standard InChI is InChI=1S/C15H22N2O3S.ClH/c1-3-6-16(10-14(18)19)11(2)15(20)17-7-4-13-12(9-17)5-8-21-13;/h5,8,11H,3-4,6-7,9-10H2,1-2H3,(H,18,19);1H. The zero-order valence-corrected chi connectivity index (χ0v) is 14.6. The summed E-state index contributed by atoms with van der Waals surface area (Å²) >= 11 is 1.74. The van der Waals surface area contributed by atoms with E-state index < -0.39 is 5.97 Å². The molecule has 1 aromatic rings. The molecule has 7 heteroatoms. The van der Waals surface area contributed by atoms with Crippen molar-refractivity contribution in [2.45, 2.75) is 39.3 Å². The van der Waals surface area contributed by atoms with E-state index in [1.54, 1.807) is 16.2 Å². The second kappa shape index (κ2) is 8.50. The largest absolute Gasteiger partial charge is 0.480 e. The lowest BCUT2D eigenvalue weighted by Crippen LogP contribution is -2.50. The van der Waals surface area contributed by atoms with Crippen LogP contribution < -0.4 is 0 Å². The molecule has 1 unspecified atom stereocenters. The van der Waals surface area contributed by atoms with Crippen LogP contribution in [0.15, 0.2) is 11.4 Å². The average molecular weight is 347 g/mol. The normalized spacial score (nSPS) is 15.1. The highest BCUT2D eigenvalue weighted by Gasteiger charge is 2.29. The first-order valence-electron chi connectivity index (χ1n) is 7.32. The summed E-state index contributed by atoms with van der Waals surface area (Å²) in [4.78, 5) is 28.5. The van der Waals surface area contributed by atoms with Crippen LogP contribution >= 0.6 is 23.7 Å². The Hall–Kier alpha value is -1.11. The fourth-order valence-electron chi connectivity index (χ4n) is 2.73. The number of aliphatic carboxylic acids is 1. The Bertz CT molecular complexity index is 521. The Kier molecular flexibility index (Phi) is 7.32. The predicted molar refractivity (Wildman–Crippen MR) is 89.6 cm³/mol. The molecule has 1 atom stereocenters. The van der Waals surface area contributed by atoms with Gasteiger partial charge in [0.25, 0.3) is 0 Å². The van der Waals surface area contributed by atoms with Gasteiger partial charge in [0, 0.05) is 18.0 Å². The lowest BCUT2D eigenvalue weighted by atomic mass is 10.1. The van der Waals surface area contributed by atoms with Crippen LogP contribution in [-0.4, -0.2) is 52.5 Å². The molecule has 0 saturated heterocycles. The highest BCUT2D eigenvalue weighted by Crippen LogP contribution is 2.24. The molecule has 2 heterocycles. The van der Waals surface area contributed by atoms with Gasteiger partial charge in [-0.05, 0) is 43.3 Å². The van der Waals surface area contributed by atoms with Crippen molar-refractivity contribution in [2.24, 2.45) is 0 Å². The first-order chi connectivity index (χ1) is 10.0. The van der Waals surface area contributed by atoms with E-state index >= 15 is 0 Å². The average Bonchev–Trinajstić information content (AvgIpc) is 2.92. The Morgan fingerprint density at radius 1 is 1.50 bits per heavy atom. The van der Waals surface area contributed by atoms with Crippen molar-refractivity contribution >= 4 is 35.6 Å². The van der Waals surface area contributed by atoms with Crippen LogP contribution in [0.2, 0.25) is 0 Å². The van der Waals surface area contributed by atoms with Crippen molar-refractivity contribution in [3.63, 3.8) is 0 Å². The molecule has 1 N–H and O–H groups in total. The molecule has 1 aromatic heterocycles. The minimum absolute atomic E-state index is 0. The third-order valence-corrected chi connectivity index (χ3v) is 4.90. The SMILES string of the molecule is CCCN(CC(=O)O)C(C)C(=O)N1CCc2sccc2C1.Cl. The van der Waals surface area contributed by atoms with Gasteiger partial charge in [0.15, 0.2) is 0 Å². The lowest BCUT2D eigenvalue weighted by molar-refractivity contribution is -0.142. The third kappa shape index (κ3) is 4.44. The number of thiophene rings is 1. The van der Waals surface area contributed by atoms with E-state index in [4.69, 9.17) is 5.11 Å². The molecule has 1 amide bonds. The van der Waals surface area contributed by atoms with E-state index in [1.807, 2.05) is 18.7 Å². The monoisotopic (exact) mass is 346 g/mol. The number of carboxylic acids is 1.